The van der Waals surface area contributed by atoms with Crippen molar-refractivity contribution >= 4 is 5.82 Å². The van der Waals surface area contributed by atoms with Crippen molar-refractivity contribution in [2.24, 2.45) is 0 Å². The van der Waals surface area contributed by atoms with Crippen molar-refractivity contribution in [2.75, 3.05) is 38.2 Å². The summed E-state index contributed by atoms with van der Waals surface area (Å²) in [6.07, 6.45) is 6.93. The van der Waals surface area contributed by atoms with Crippen molar-refractivity contribution < 1.29 is 4.74 Å². The molecule has 21 heavy (non-hydrogen) atoms. The lowest BCUT2D eigenvalue weighted by Crippen LogP contribution is -2.41. The number of rotatable bonds is 5. The van der Waals surface area contributed by atoms with E-state index >= 15 is 0 Å². The molecule has 1 atom stereocenters. The van der Waals surface area contributed by atoms with E-state index in [9.17, 15) is 0 Å². The number of ether oxygens (including phenoxy) is 1. The van der Waals surface area contributed by atoms with E-state index in [1.807, 2.05) is 18.3 Å². The van der Waals surface area contributed by atoms with Gasteiger partial charge in [0.05, 0.1) is 31.1 Å². The number of morpholine rings is 1. The van der Waals surface area contributed by atoms with E-state index < -0.39 is 0 Å². The van der Waals surface area contributed by atoms with Gasteiger partial charge in [0.1, 0.15) is 5.82 Å². The summed E-state index contributed by atoms with van der Waals surface area (Å²) in [5, 5.41) is 3.34. The minimum atomic E-state index is 0.206. The zero-order valence-electron chi connectivity index (χ0n) is 11.9. The average Bonchev–Trinajstić information content (AvgIpc) is 2.58. The molecule has 1 fully saturated rings. The van der Waals surface area contributed by atoms with E-state index in [2.05, 4.69) is 31.2 Å². The van der Waals surface area contributed by atoms with Crippen LogP contribution in [0.25, 0.3) is 0 Å². The fourth-order valence-electron chi connectivity index (χ4n) is 2.47. The summed E-state index contributed by atoms with van der Waals surface area (Å²) in [6.45, 7) is 4.13. The minimum Gasteiger partial charge on any atom is -0.379 e. The highest BCUT2D eigenvalue weighted by Gasteiger charge is 2.23. The molecule has 6 nitrogen and oxygen atoms in total. The van der Waals surface area contributed by atoms with Crippen molar-refractivity contribution in [2.45, 2.75) is 6.04 Å². The van der Waals surface area contributed by atoms with Gasteiger partial charge in [-0.3, -0.25) is 14.9 Å². The highest BCUT2D eigenvalue weighted by molar-refractivity contribution is 5.30. The van der Waals surface area contributed by atoms with Crippen molar-refractivity contribution in [1.82, 2.24) is 19.9 Å². The number of nitrogens with zero attached hydrogens (tertiary/aromatic N) is 4. The number of hydrogen-bond donors (Lipinski definition) is 1. The molecular formula is C15H19N5O. The molecule has 6 heteroatoms. The molecule has 3 heterocycles. The van der Waals surface area contributed by atoms with Crippen LogP contribution < -0.4 is 5.32 Å². The van der Waals surface area contributed by atoms with E-state index in [0.29, 0.717) is 0 Å². The van der Waals surface area contributed by atoms with Crippen molar-refractivity contribution in [1.29, 1.82) is 0 Å². The summed E-state index contributed by atoms with van der Waals surface area (Å²) in [4.78, 5) is 15.2. The summed E-state index contributed by atoms with van der Waals surface area (Å²) in [6, 6.07) is 6.24. The van der Waals surface area contributed by atoms with Gasteiger partial charge in [0.2, 0.25) is 0 Å². The van der Waals surface area contributed by atoms with Crippen LogP contribution >= 0.6 is 0 Å². The number of aromatic nitrogens is 3. The second kappa shape index (κ2) is 7.10. The predicted octanol–water partition coefficient (Wildman–Crippen LogP) is 1.36. The maximum absolute atomic E-state index is 5.44. The van der Waals surface area contributed by atoms with Gasteiger partial charge in [-0.2, -0.15) is 0 Å². The Bertz CT molecular complexity index is 530. The van der Waals surface area contributed by atoms with Gasteiger partial charge >= 0.3 is 0 Å². The van der Waals surface area contributed by atoms with Gasteiger partial charge in [0, 0.05) is 38.2 Å². The molecule has 0 aromatic carbocycles. The van der Waals surface area contributed by atoms with E-state index in [4.69, 9.17) is 4.74 Å². The lowest BCUT2D eigenvalue weighted by molar-refractivity contribution is 0.0179. The third kappa shape index (κ3) is 3.74. The normalized spacial score (nSPS) is 17.3. The summed E-state index contributed by atoms with van der Waals surface area (Å²) >= 11 is 0. The highest BCUT2D eigenvalue weighted by atomic mass is 16.5. The summed E-state index contributed by atoms with van der Waals surface area (Å²) in [7, 11) is 0. The number of anilines is 1. The Morgan fingerprint density at radius 1 is 1.14 bits per heavy atom. The van der Waals surface area contributed by atoms with Gasteiger partial charge < -0.3 is 10.1 Å². The van der Waals surface area contributed by atoms with Crippen LogP contribution in [-0.2, 0) is 4.74 Å². The minimum absolute atomic E-state index is 0.206. The fourth-order valence-corrected chi connectivity index (χ4v) is 2.47. The third-order valence-electron chi connectivity index (χ3n) is 3.56. The zero-order chi connectivity index (χ0) is 14.3. The molecular weight excluding hydrogens is 266 g/mol. The van der Waals surface area contributed by atoms with E-state index in [0.717, 1.165) is 44.4 Å². The molecule has 0 radical (unpaired) electrons. The van der Waals surface area contributed by atoms with Crippen molar-refractivity contribution in [3.05, 3.63) is 48.7 Å². The van der Waals surface area contributed by atoms with Crippen molar-refractivity contribution in [3.63, 3.8) is 0 Å². The van der Waals surface area contributed by atoms with E-state index in [1.165, 1.54) is 0 Å². The van der Waals surface area contributed by atoms with Gasteiger partial charge in [-0.15, -0.1) is 0 Å². The van der Waals surface area contributed by atoms with Crippen LogP contribution in [0, 0.1) is 0 Å². The Hall–Kier alpha value is -2.05. The molecule has 0 spiro atoms. The summed E-state index contributed by atoms with van der Waals surface area (Å²) < 4.78 is 5.44. The Morgan fingerprint density at radius 2 is 2.05 bits per heavy atom. The molecule has 1 unspecified atom stereocenters. The molecule has 1 N–H and O–H groups in total. The second-order valence-electron chi connectivity index (χ2n) is 4.89. The van der Waals surface area contributed by atoms with Gasteiger partial charge in [0.15, 0.2) is 0 Å². The standard InChI is InChI=1S/C15H19N5O/c1-2-4-17-13(3-1)14(20-7-9-21-10-8-20)11-19-15-12-16-5-6-18-15/h1-6,12,14H,7-11H2,(H,18,19). The van der Waals surface area contributed by atoms with Crippen LogP contribution in [0.1, 0.15) is 11.7 Å². The van der Waals surface area contributed by atoms with Crippen molar-refractivity contribution in [3.8, 4) is 0 Å². The molecule has 0 amide bonds. The van der Waals surface area contributed by atoms with Crippen LogP contribution in [0.3, 0.4) is 0 Å². The van der Waals surface area contributed by atoms with Crippen LogP contribution in [0.4, 0.5) is 5.82 Å². The first-order chi connectivity index (χ1) is 10.4. The summed E-state index contributed by atoms with van der Waals surface area (Å²) in [5.41, 5.74) is 1.07. The average molecular weight is 285 g/mol. The number of pyridine rings is 1. The second-order valence-corrected chi connectivity index (χ2v) is 4.89. The number of nitrogens with one attached hydrogen (secondary N) is 1. The van der Waals surface area contributed by atoms with E-state index in [1.54, 1.807) is 18.6 Å². The molecule has 2 aromatic rings. The van der Waals surface area contributed by atoms with Gasteiger partial charge in [0.25, 0.3) is 0 Å². The highest BCUT2D eigenvalue weighted by Crippen LogP contribution is 2.20. The first-order valence-corrected chi connectivity index (χ1v) is 7.16. The first-order valence-electron chi connectivity index (χ1n) is 7.16. The predicted molar refractivity (Wildman–Crippen MR) is 79.9 cm³/mol. The molecule has 2 aromatic heterocycles. The molecule has 0 aliphatic carbocycles. The Labute approximate surface area is 124 Å². The SMILES string of the molecule is c1ccc(C(CNc2cnccn2)N2CCOCC2)nc1. The smallest absolute Gasteiger partial charge is 0.144 e. The van der Waals surface area contributed by atoms with Crippen LogP contribution in [0.15, 0.2) is 43.0 Å². The van der Waals surface area contributed by atoms with Crippen LogP contribution in [-0.4, -0.2) is 52.7 Å². The first kappa shape index (κ1) is 13.9. The Morgan fingerprint density at radius 3 is 2.76 bits per heavy atom. The molecule has 0 bridgehead atoms. The molecule has 1 saturated heterocycles. The van der Waals surface area contributed by atoms with Gasteiger partial charge in [-0.25, -0.2) is 4.98 Å². The topological polar surface area (TPSA) is 63.2 Å². The molecule has 3 rings (SSSR count). The van der Waals surface area contributed by atoms with E-state index in [-0.39, 0.29) is 6.04 Å². The number of hydrogen-bond acceptors (Lipinski definition) is 6. The van der Waals surface area contributed by atoms with Crippen LogP contribution in [0.2, 0.25) is 0 Å². The quantitative estimate of drug-likeness (QED) is 0.895. The third-order valence-corrected chi connectivity index (χ3v) is 3.56. The maximum atomic E-state index is 5.44. The van der Waals surface area contributed by atoms with Crippen LogP contribution in [0.5, 0.6) is 0 Å². The lowest BCUT2D eigenvalue weighted by atomic mass is 10.1. The fraction of sp³-hybridized carbons (Fsp3) is 0.400. The largest absolute Gasteiger partial charge is 0.379 e. The molecule has 0 saturated carbocycles. The monoisotopic (exact) mass is 285 g/mol. The Kier molecular flexibility index (Phi) is 4.70. The van der Waals surface area contributed by atoms with Gasteiger partial charge in [-0.05, 0) is 12.1 Å². The molecule has 1 aliphatic rings. The molecule has 110 valence electrons. The maximum Gasteiger partial charge on any atom is 0.144 e. The lowest BCUT2D eigenvalue weighted by Gasteiger charge is -2.34. The summed E-state index contributed by atoms with van der Waals surface area (Å²) in [5.74, 6) is 0.784. The van der Waals surface area contributed by atoms with Gasteiger partial charge in [-0.1, -0.05) is 6.07 Å². The zero-order valence-corrected chi connectivity index (χ0v) is 11.9. The Balaban J connectivity index is 1.72. The molecule has 1 aliphatic heterocycles.